The van der Waals surface area contributed by atoms with Crippen molar-refractivity contribution in [1.29, 1.82) is 0 Å². The quantitative estimate of drug-likeness (QED) is 0.387. The fourth-order valence-electron chi connectivity index (χ4n) is 6.90. The average Bonchev–Trinajstić information content (AvgIpc) is 3.04. The number of aliphatic hydroxyl groups is 1. The van der Waals surface area contributed by atoms with Crippen molar-refractivity contribution in [3.63, 3.8) is 0 Å². The molecule has 0 radical (unpaired) electrons. The predicted molar refractivity (Wildman–Crippen MR) is 186 cm³/mol. The Kier molecular flexibility index (Phi) is 12.0. The van der Waals surface area contributed by atoms with Crippen LogP contribution in [0.1, 0.15) is 72.3 Å². The number of nitrogens with one attached hydrogen (secondary N) is 1. The van der Waals surface area contributed by atoms with E-state index in [0.717, 1.165) is 11.1 Å². The molecule has 4 aliphatic heterocycles. The van der Waals surface area contributed by atoms with E-state index >= 15 is 0 Å². The highest BCUT2D eigenvalue weighted by atomic mass is 35.5. The van der Waals surface area contributed by atoms with Gasteiger partial charge in [0.05, 0.1) is 19.2 Å². The summed E-state index contributed by atoms with van der Waals surface area (Å²) in [6, 6.07) is 2.64. The molecule has 5 rings (SSSR count). The number of halogens is 1. The largest absolute Gasteiger partial charge is 0.495 e. The van der Waals surface area contributed by atoms with Crippen molar-refractivity contribution < 1.29 is 48.0 Å². The second-order valence-corrected chi connectivity index (χ2v) is 14.3. The van der Waals surface area contributed by atoms with Crippen molar-refractivity contribution in [1.82, 2.24) is 10.2 Å². The van der Waals surface area contributed by atoms with E-state index in [9.17, 15) is 24.3 Å². The Morgan fingerprint density at radius 2 is 1.90 bits per heavy atom. The summed E-state index contributed by atoms with van der Waals surface area (Å²) >= 11 is 6.73. The Morgan fingerprint density at radius 1 is 1.22 bits per heavy atom. The molecule has 0 spiro atoms. The van der Waals surface area contributed by atoms with Gasteiger partial charge in [-0.25, -0.2) is 9.59 Å². The fourth-order valence-corrected chi connectivity index (χ4v) is 7.21. The van der Waals surface area contributed by atoms with Gasteiger partial charge in [0.25, 0.3) is 0 Å². The average molecular weight is 720 g/mol. The van der Waals surface area contributed by atoms with E-state index in [2.05, 4.69) is 5.32 Å². The number of nitrogens with zero attached hydrogens (tertiary/aromatic N) is 2. The van der Waals surface area contributed by atoms with Crippen LogP contribution in [0.3, 0.4) is 0 Å². The molecule has 2 saturated heterocycles. The summed E-state index contributed by atoms with van der Waals surface area (Å²) in [4.78, 5) is 55.8. The third kappa shape index (κ3) is 8.11. The van der Waals surface area contributed by atoms with Gasteiger partial charge in [0.15, 0.2) is 5.72 Å². The highest BCUT2D eigenvalue weighted by Crippen LogP contribution is 2.50. The lowest BCUT2D eigenvalue weighted by molar-refractivity contribution is -0.328. The summed E-state index contributed by atoms with van der Waals surface area (Å²) < 4.78 is 29.4. The Hall–Kier alpha value is -3.65. The first kappa shape index (κ1) is 39.1. The number of fused-ring (bicyclic) bond motifs is 6. The number of alkyl carbamates (subject to hydrolysis) is 1. The molecule has 4 aliphatic rings. The first-order valence-electron chi connectivity index (χ1n) is 16.8. The number of carbonyl (C=O) groups is 4. The number of benzene rings is 1. The third-order valence-corrected chi connectivity index (χ3v) is 10.3. The Bertz CT molecular complexity index is 1540. The van der Waals surface area contributed by atoms with Crippen molar-refractivity contribution in [3.8, 4) is 5.75 Å². The number of esters is 1. The summed E-state index contributed by atoms with van der Waals surface area (Å²) in [7, 11) is 6.02. The molecule has 1 aromatic carbocycles. The standard InChI is InChI=1S/C36H50ClN3O10/c1-10-12-29(41)39(6)22(3)32(43)48-27-18-30(42)40(7)24-16-23(17-25(46-8)31(24)37)15-21(2)13-11-14-26(47-9)36(45)19-28(49-33(44)38-36)35(5)20-34(27,4)50-35/h11,13-14,16-17,22,26-28,45H,10,12,15,18-20H2,1-9H3,(H,38,44)/b14-11+,21-13+/t22-,26?,27?,28?,34?,35?,36?/m0/s1. The molecule has 2 fully saturated rings. The lowest BCUT2D eigenvalue weighted by atomic mass is 9.72. The maximum atomic E-state index is 14.0. The monoisotopic (exact) mass is 719 g/mol. The molecule has 6 bridgehead atoms. The van der Waals surface area contributed by atoms with Gasteiger partial charge in [0.2, 0.25) is 11.8 Å². The van der Waals surface area contributed by atoms with Crippen LogP contribution in [-0.4, -0.2) is 103 Å². The number of carbonyl (C=O) groups excluding carboxylic acids is 4. The molecule has 1 aromatic rings. The van der Waals surface area contributed by atoms with E-state index < -0.39 is 59.3 Å². The zero-order chi connectivity index (χ0) is 37.2. The van der Waals surface area contributed by atoms with Gasteiger partial charge in [-0.05, 0) is 58.2 Å². The Morgan fingerprint density at radius 3 is 2.52 bits per heavy atom. The van der Waals surface area contributed by atoms with E-state index in [0.29, 0.717) is 24.3 Å². The highest BCUT2D eigenvalue weighted by molar-refractivity contribution is 6.35. The van der Waals surface area contributed by atoms with E-state index in [1.54, 1.807) is 52.1 Å². The molecule has 7 atom stereocenters. The number of hydrogen-bond acceptors (Lipinski definition) is 10. The van der Waals surface area contributed by atoms with Crippen molar-refractivity contribution in [3.05, 3.63) is 46.5 Å². The van der Waals surface area contributed by atoms with E-state index in [1.807, 2.05) is 19.9 Å². The Labute approximate surface area is 298 Å². The third-order valence-electron chi connectivity index (χ3n) is 9.90. The SMILES string of the molecule is CCCC(=O)N(C)[C@@H](C)C(=O)OC1CC(=O)N(C)c2cc(cc(OC)c2Cl)C/C(C)=C/C=C/C(OC)C2(O)CC(OC(=O)N2)C2(C)CC1(C)O2. The minimum atomic E-state index is -1.84. The fraction of sp³-hybridized carbons (Fsp3) is 0.611. The number of allylic oxidation sites excluding steroid dienone is 3. The van der Waals surface area contributed by atoms with Gasteiger partial charge in [0, 0.05) is 40.5 Å². The topological polar surface area (TPSA) is 153 Å². The number of hydrogen-bond donors (Lipinski definition) is 2. The molecular weight excluding hydrogens is 670 g/mol. The minimum Gasteiger partial charge on any atom is -0.495 e. The van der Waals surface area contributed by atoms with Crippen LogP contribution in [0.2, 0.25) is 5.02 Å². The van der Waals surface area contributed by atoms with E-state index in [4.69, 9.17) is 35.3 Å². The highest BCUT2D eigenvalue weighted by Gasteiger charge is 2.63. The number of rotatable bonds is 7. The van der Waals surface area contributed by atoms with Crippen molar-refractivity contribution in [2.24, 2.45) is 0 Å². The summed E-state index contributed by atoms with van der Waals surface area (Å²) in [5, 5.41) is 14.4. The number of anilines is 1. The molecular formula is C36H50ClN3O10. The van der Waals surface area contributed by atoms with Crippen LogP contribution in [0.5, 0.6) is 5.75 Å². The minimum absolute atomic E-state index is 0.0888. The van der Waals surface area contributed by atoms with E-state index in [-0.39, 0.29) is 36.6 Å². The lowest BCUT2D eigenvalue weighted by Crippen LogP contribution is -2.72. The van der Waals surface area contributed by atoms with Crippen LogP contribution in [-0.2, 0) is 39.8 Å². The zero-order valence-electron chi connectivity index (χ0n) is 30.3. The second kappa shape index (κ2) is 15.3. The molecule has 14 heteroatoms. The van der Waals surface area contributed by atoms with Crippen LogP contribution in [0.15, 0.2) is 35.9 Å². The molecule has 0 saturated carbocycles. The number of amides is 3. The van der Waals surface area contributed by atoms with Gasteiger partial charge in [-0.3, -0.25) is 14.9 Å². The number of likely N-dealkylation sites (N-methyl/N-ethyl adjacent to an activating group) is 1. The molecule has 0 aliphatic carbocycles. The van der Waals surface area contributed by atoms with Gasteiger partial charge in [-0.1, -0.05) is 42.3 Å². The van der Waals surface area contributed by atoms with Crippen molar-refractivity contribution >= 4 is 41.2 Å². The summed E-state index contributed by atoms with van der Waals surface area (Å²) in [5.41, 5.74) is -2.07. The van der Waals surface area contributed by atoms with Crippen LogP contribution >= 0.6 is 11.6 Å². The zero-order valence-corrected chi connectivity index (χ0v) is 31.1. The normalized spacial score (nSPS) is 32.3. The van der Waals surface area contributed by atoms with Gasteiger partial charge in [0.1, 0.15) is 46.3 Å². The lowest BCUT2D eigenvalue weighted by Gasteiger charge is -2.59. The second-order valence-electron chi connectivity index (χ2n) is 13.9. The number of methoxy groups -OCH3 is 2. The van der Waals surface area contributed by atoms with Gasteiger partial charge >= 0.3 is 12.1 Å². The molecule has 0 aromatic heterocycles. The van der Waals surface area contributed by atoms with Crippen molar-refractivity contribution in [2.75, 3.05) is 33.2 Å². The van der Waals surface area contributed by atoms with Gasteiger partial charge in [-0.15, -0.1) is 0 Å². The van der Waals surface area contributed by atoms with Crippen molar-refractivity contribution in [2.45, 2.75) is 114 Å². The van der Waals surface area contributed by atoms with Crippen LogP contribution < -0.4 is 15.0 Å². The van der Waals surface area contributed by atoms with Crippen LogP contribution in [0, 0.1) is 0 Å². The molecule has 4 heterocycles. The first-order valence-corrected chi connectivity index (χ1v) is 17.1. The molecule has 2 N–H and O–H groups in total. The van der Waals surface area contributed by atoms with Gasteiger partial charge < -0.3 is 38.6 Å². The molecule has 276 valence electrons. The summed E-state index contributed by atoms with van der Waals surface area (Å²) in [6.45, 7) is 8.79. The number of ether oxygens (including phenoxy) is 5. The maximum Gasteiger partial charge on any atom is 0.409 e. The van der Waals surface area contributed by atoms with Crippen LogP contribution in [0.4, 0.5) is 10.5 Å². The van der Waals surface area contributed by atoms with Gasteiger partial charge in [-0.2, -0.15) is 0 Å². The molecule has 3 amide bonds. The molecule has 13 nitrogen and oxygen atoms in total. The predicted octanol–water partition coefficient (Wildman–Crippen LogP) is 4.46. The maximum absolute atomic E-state index is 14.0. The van der Waals surface area contributed by atoms with E-state index in [1.165, 1.54) is 31.1 Å². The first-order chi connectivity index (χ1) is 23.4. The Balaban J connectivity index is 1.78. The summed E-state index contributed by atoms with van der Waals surface area (Å²) in [6.07, 6.45) is 2.51. The molecule has 6 unspecified atom stereocenters. The van der Waals surface area contributed by atoms with Crippen LogP contribution in [0.25, 0.3) is 0 Å². The summed E-state index contributed by atoms with van der Waals surface area (Å²) in [5.74, 6) is -0.982. The molecule has 50 heavy (non-hydrogen) atoms. The smallest absolute Gasteiger partial charge is 0.409 e.